The molecule has 0 aliphatic carbocycles. The first-order chi connectivity index (χ1) is 7.62. The number of hydrogen-bond acceptors (Lipinski definition) is 3. The summed E-state index contributed by atoms with van der Waals surface area (Å²) in [7, 11) is 0. The van der Waals surface area contributed by atoms with E-state index in [2.05, 4.69) is 4.85 Å². The molecule has 0 saturated heterocycles. The van der Waals surface area contributed by atoms with Crippen molar-refractivity contribution < 1.29 is 0 Å². The number of rotatable bonds is 0. The van der Waals surface area contributed by atoms with Gasteiger partial charge in [-0.25, -0.2) is 4.85 Å². The van der Waals surface area contributed by atoms with Gasteiger partial charge in [-0.2, -0.15) is 15.8 Å². The first-order valence-electron chi connectivity index (χ1n) is 4.37. The number of hydrogen-bond donors (Lipinski definition) is 0. The predicted octanol–water partition coefficient (Wildman–Crippen LogP) is 2.47. The summed E-state index contributed by atoms with van der Waals surface area (Å²) in [5.74, 6) is 0. The fourth-order valence-corrected chi connectivity index (χ4v) is 1.54. The lowest BCUT2D eigenvalue weighted by Crippen LogP contribution is -1.97. The van der Waals surface area contributed by atoms with Gasteiger partial charge in [0.25, 0.3) is 0 Å². The molecule has 1 aromatic carbocycles. The van der Waals surface area contributed by atoms with Crippen molar-refractivity contribution in [3.8, 4) is 18.2 Å². The normalized spacial score (nSPS) is 8.38. The lowest BCUT2D eigenvalue weighted by Gasteiger charge is -2.08. The zero-order valence-corrected chi connectivity index (χ0v) is 8.79. The molecule has 0 fully saturated rings. The number of nitriles is 3. The van der Waals surface area contributed by atoms with Crippen LogP contribution in [0.15, 0.2) is 0 Å². The van der Waals surface area contributed by atoms with Crippen molar-refractivity contribution in [2.45, 2.75) is 13.8 Å². The van der Waals surface area contributed by atoms with Gasteiger partial charge in [-0.3, -0.25) is 0 Å². The summed E-state index contributed by atoms with van der Waals surface area (Å²) < 4.78 is 0. The third-order valence-electron chi connectivity index (χ3n) is 2.41. The van der Waals surface area contributed by atoms with E-state index < -0.39 is 0 Å². The standard InChI is InChI=1S/C12H6N4/c1-7-9(4-13)10(5-14)8(2)12(16-3)11(7)6-15/h1-2H3. The highest BCUT2D eigenvalue weighted by Gasteiger charge is 2.19. The third kappa shape index (κ3) is 1.36. The lowest BCUT2D eigenvalue weighted by atomic mass is 9.92. The molecule has 0 spiro atoms. The van der Waals surface area contributed by atoms with Gasteiger partial charge in [0.1, 0.15) is 6.07 Å². The van der Waals surface area contributed by atoms with Gasteiger partial charge < -0.3 is 0 Å². The minimum absolute atomic E-state index is 0.163. The van der Waals surface area contributed by atoms with Crippen LogP contribution < -0.4 is 0 Å². The van der Waals surface area contributed by atoms with Crippen LogP contribution in [0.3, 0.4) is 0 Å². The number of benzene rings is 1. The van der Waals surface area contributed by atoms with E-state index >= 15 is 0 Å². The molecule has 1 rings (SSSR count). The second-order valence-electron chi connectivity index (χ2n) is 3.17. The molecule has 1 aromatic rings. The molecule has 0 radical (unpaired) electrons. The van der Waals surface area contributed by atoms with Crippen LogP contribution in [0.4, 0.5) is 5.69 Å². The van der Waals surface area contributed by atoms with Crippen LogP contribution in [0.2, 0.25) is 0 Å². The molecular weight excluding hydrogens is 200 g/mol. The fraction of sp³-hybridized carbons (Fsp3) is 0.167. The van der Waals surface area contributed by atoms with E-state index in [4.69, 9.17) is 22.4 Å². The monoisotopic (exact) mass is 206 g/mol. The maximum Gasteiger partial charge on any atom is 0.209 e. The lowest BCUT2D eigenvalue weighted by molar-refractivity contribution is 1.29. The van der Waals surface area contributed by atoms with Crippen LogP contribution in [0.25, 0.3) is 4.85 Å². The van der Waals surface area contributed by atoms with Crippen molar-refractivity contribution in [2.75, 3.05) is 0 Å². The Bertz CT molecular complexity index is 517. The van der Waals surface area contributed by atoms with Crippen molar-refractivity contribution in [3.63, 3.8) is 0 Å². The summed E-state index contributed by atoms with van der Waals surface area (Å²) in [6.45, 7) is 10.2. The van der Waals surface area contributed by atoms with Crippen molar-refractivity contribution in [3.05, 3.63) is 39.2 Å². The Hall–Kier alpha value is -2.82. The summed E-state index contributed by atoms with van der Waals surface area (Å²) in [4.78, 5) is 3.25. The molecule has 0 heterocycles. The van der Waals surface area contributed by atoms with E-state index in [-0.39, 0.29) is 22.4 Å². The molecule has 4 nitrogen and oxygen atoms in total. The van der Waals surface area contributed by atoms with Gasteiger partial charge in [0.2, 0.25) is 5.69 Å². The van der Waals surface area contributed by atoms with Crippen LogP contribution in [-0.2, 0) is 0 Å². The van der Waals surface area contributed by atoms with Crippen molar-refractivity contribution >= 4 is 5.69 Å². The third-order valence-corrected chi connectivity index (χ3v) is 2.41. The topological polar surface area (TPSA) is 75.7 Å². The molecule has 0 amide bonds. The molecule has 74 valence electrons. The summed E-state index contributed by atoms with van der Waals surface area (Å²) in [5.41, 5.74) is 1.52. The zero-order chi connectivity index (χ0) is 12.3. The summed E-state index contributed by atoms with van der Waals surface area (Å²) in [5, 5.41) is 26.9. The largest absolute Gasteiger partial charge is 0.236 e. The molecule has 0 aliphatic rings. The second kappa shape index (κ2) is 4.14. The average molecular weight is 206 g/mol. The van der Waals surface area contributed by atoms with Gasteiger partial charge in [0.05, 0.1) is 35.4 Å². The van der Waals surface area contributed by atoms with Crippen LogP contribution in [0.1, 0.15) is 27.8 Å². The molecule has 16 heavy (non-hydrogen) atoms. The van der Waals surface area contributed by atoms with Crippen LogP contribution >= 0.6 is 0 Å². The van der Waals surface area contributed by atoms with E-state index in [1.54, 1.807) is 13.8 Å². The molecule has 4 heteroatoms. The smallest absolute Gasteiger partial charge is 0.209 e. The van der Waals surface area contributed by atoms with E-state index in [9.17, 15) is 0 Å². The molecule has 0 unspecified atom stereocenters. The van der Waals surface area contributed by atoms with Gasteiger partial charge in [0, 0.05) is 0 Å². The first kappa shape index (κ1) is 11.3. The Morgan fingerprint density at radius 2 is 1.31 bits per heavy atom. The maximum atomic E-state index is 8.95. The van der Waals surface area contributed by atoms with E-state index in [0.717, 1.165) is 0 Å². The van der Waals surface area contributed by atoms with Crippen molar-refractivity contribution in [1.82, 2.24) is 0 Å². The highest BCUT2D eigenvalue weighted by molar-refractivity contribution is 5.74. The molecule has 0 atom stereocenters. The van der Waals surface area contributed by atoms with E-state index in [1.165, 1.54) is 0 Å². The Kier molecular flexibility index (Phi) is 2.91. The summed E-state index contributed by atoms with van der Waals surface area (Å²) >= 11 is 0. The van der Waals surface area contributed by atoms with Crippen molar-refractivity contribution in [1.29, 1.82) is 15.8 Å². The van der Waals surface area contributed by atoms with Gasteiger partial charge in [-0.05, 0) is 25.0 Å². The fourth-order valence-electron chi connectivity index (χ4n) is 1.54. The van der Waals surface area contributed by atoms with Crippen LogP contribution in [0.5, 0.6) is 0 Å². The molecule has 0 bridgehead atoms. The maximum absolute atomic E-state index is 8.95. The van der Waals surface area contributed by atoms with Crippen LogP contribution in [-0.4, -0.2) is 0 Å². The Balaban J connectivity index is 3.98. The zero-order valence-electron chi connectivity index (χ0n) is 8.79. The minimum atomic E-state index is 0.163. The highest BCUT2D eigenvalue weighted by atomic mass is 14.7. The molecule has 0 N–H and O–H groups in total. The minimum Gasteiger partial charge on any atom is -0.236 e. The first-order valence-corrected chi connectivity index (χ1v) is 4.37. The van der Waals surface area contributed by atoms with Gasteiger partial charge in [-0.15, -0.1) is 0 Å². The van der Waals surface area contributed by atoms with Crippen LogP contribution in [0, 0.1) is 54.4 Å². The molecule has 0 aromatic heterocycles. The SMILES string of the molecule is [C-]#[N+]c1c(C)c(C#N)c(C#N)c(C)c1C#N. The van der Waals surface area contributed by atoms with Gasteiger partial charge in [-0.1, -0.05) is 0 Å². The summed E-state index contributed by atoms with van der Waals surface area (Å²) in [6.07, 6.45) is 0. The Morgan fingerprint density at radius 3 is 1.69 bits per heavy atom. The second-order valence-corrected chi connectivity index (χ2v) is 3.17. The summed E-state index contributed by atoms with van der Waals surface area (Å²) in [6, 6.07) is 5.72. The average Bonchev–Trinajstić information content (AvgIpc) is 2.30. The van der Waals surface area contributed by atoms with Gasteiger partial charge >= 0.3 is 0 Å². The quantitative estimate of drug-likeness (QED) is 0.612. The van der Waals surface area contributed by atoms with E-state index in [1.807, 2.05) is 18.2 Å². The van der Waals surface area contributed by atoms with Gasteiger partial charge in [0.15, 0.2) is 0 Å². The molecule has 0 aliphatic heterocycles. The molecular formula is C12H6N4. The Morgan fingerprint density at radius 1 is 0.875 bits per heavy atom. The highest BCUT2D eigenvalue weighted by Crippen LogP contribution is 2.32. The molecule has 0 saturated carbocycles. The Labute approximate surface area is 93.4 Å². The van der Waals surface area contributed by atoms with Crippen molar-refractivity contribution in [2.24, 2.45) is 0 Å². The van der Waals surface area contributed by atoms with E-state index in [0.29, 0.717) is 11.1 Å². The number of nitrogens with zero attached hydrogens (tertiary/aromatic N) is 4. The predicted molar refractivity (Wildman–Crippen MR) is 56.3 cm³/mol.